The van der Waals surface area contributed by atoms with E-state index < -0.39 is 6.10 Å². The highest BCUT2D eigenvalue weighted by Gasteiger charge is 2.13. The second-order valence-electron chi connectivity index (χ2n) is 1.39. The third-order valence-corrected chi connectivity index (χ3v) is 1.72. The normalized spacial score (nSPS) is 30.4. The zero-order chi connectivity index (χ0) is 5.28. The number of rotatable bonds is 0. The molecular weight excluding hydrogens is 112 g/mol. The minimum Gasteiger partial charge on any atom is -0.509 e. The Balaban J connectivity index is 2.54. The Labute approximate surface area is 45.9 Å². The number of aliphatic hydroxyl groups excluding tert-OH is 2. The molecule has 0 radical (unpaired) electrons. The second-order valence-corrected chi connectivity index (χ2v) is 2.29. The lowest BCUT2D eigenvalue weighted by molar-refractivity contribution is 0.177. The molecule has 0 amide bonds. The maximum Gasteiger partial charge on any atom is 0.128 e. The summed E-state index contributed by atoms with van der Waals surface area (Å²) < 4.78 is 0. The van der Waals surface area contributed by atoms with E-state index in [4.69, 9.17) is 10.2 Å². The molecule has 1 heterocycles. The molecule has 7 heavy (non-hydrogen) atoms. The van der Waals surface area contributed by atoms with Crippen LogP contribution >= 0.6 is 11.8 Å². The summed E-state index contributed by atoms with van der Waals surface area (Å²) >= 11 is 1.43. The number of thioether (sulfide) groups is 1. The molecule has 1 atom stereocenters. The molecule has 2 N–H and O–H groups in total. The maximum atomic E-state index is 8.66. The fourth-order valence-electron chi connectivity index (χ4n) is 0.389. The first-order valence-corrected chi connectivity index (χ1v) is 3.04. The first kappa shape index (κ1) is 5.00. The Morgan fingerprint density at radius 3 is 2.71 bits per heavy atom. The fourth-order valence-corrected chi connectivity index (χ4v) is 1.17. The summed E-state index contributed by atoms with van der Waals surface area (Å²) in [5, 5.41) is 18.8. The van der Waals surface area contributed by atoms with Crippen molar-refractivity contribution in [1.82, 2.24) is 0 Å². The van der Waals surface area contributed by atoms with Crippen molar-refractivity contribution in [1.29, 1.82) is 0 Å². The third-order valence-electron chi connectivity index (χ3n) is 0.800. The van der Waals surface area contributed by atoms with Crippen LogP contribution in [0.3, 0.4) is 0 Å². The van der Waals surface area contributed by atoms with Crippen LogP contribution in [0.4, 0.5) is 0 Å². The van der Waals surface area contributed by atoms with Gasteiger partial charge in [0.15, 0.2) is 0 Å². The topological polar surface area (TPSA) is 40.5 Å². The Kier molecular flexibility index (Phi) is 1.25. The Hall–Kier alpha value is -0.150. The summed E-state index contributed by atoms with van der Waals surface area (Å²) in [6.45, 7) is 0. The molecule has 2 nitrogen and oxygen atoms in total. The summed E-state index contributed by atoms with van der Waals surface area (Å²) in [6, 6.07) is 0. The van der Waals surface area contributed by atoms with Crippen LogP contribution in [-0.4, -0.2) is 22.1 Å². The summed E-state index contributed by atoms with van der Waals surface area (Å²) in [5.41, 5.74) is 0. The zero-order valence-electron chi connectivity index (χ0n) is 3.66. The van der Waals surface area contributed by atoms with Crippen molar-refractivity contribution in [3.63, 3.8) is 0 Å². The monoisotopic (exact) mass is 118 g/mol. The number of aliphatic hydroxyl groups is 2. The lowest BCUT2D eigenvalue weighted by Crippen LogP contribution is -2.06. The van der Waals surface area contributed by atoms with Crippen molar-refractivity contribution < 1.29 is 10.2 Å². The molecule has 0 aromatic rings. The first-order chi connectivity index (χ1) is 3.30. The second kappa shape index (κ2) is 1.76. The Morgan fingerprint density at radius 2 is 2.57 bits per heavy atom. The Bertz CT molecular complexity index is 99.9. The summed E-state index contributed by atoms with van der Waals surface area (Å²) in [7, 11) is 0. The van der Waals surface area contributed by atoms with E-state index >= 15 is 0 Å². The van der Waals surface area contributed by atoms with Gasteiger partial charge >= 0.3 is 0 Å². The zero-order valence-corrected chi connectivity index (χ0v) is 4.48. The van der Waals surface area contributed by atoms with Gasteiger partial charge in [-0.2, -0.15) is 0 Å². The fraction of sp³-hybridized carbons (Fsp3) is 0.500. The van der Waals surface area contributed by atoms with Gasteiger partial charge in [-0.3, -0.25) is 0 Å². The van der Waals surface area contributed by atoms with Crippen LogP contribution in [0.1, 0.15) is 0 Å². The molecule has 0 aromatic carbocycles. The predicted octanol–water partition coefficient (Wildman–Crippen LogP) is 0.493. The van der Waals surface area contributed by atoms with Crippen LogP contribution in [0, 0.1) is 0 Å². The van der Waals surface area contributed by atoms with E-state index in [-0.39, 0.29) is 5.76 Å². The molecule has 0 bridgehead atoms. The van der Waals surface area contributed by atoms with Crippen LogP contribution in [0.25, 0.3) is 0 Å². The van der Waals surface area contributed by atoms with Gasteiger partial charge in [0.1, 0.15) is 11.9 Å². The van der Waals surface area contributed by atoms with Gasteiger partial charge < -0.3 is 10.2 Å². The molecule has 1 aliphatic rings. The maximum absolute atomic E-state index is 8.66. The van der Waals surface area contributed by atoms with Crippen molar-refractivity contribution in [2.45, 2.75) is 6.10 Å². The first-order valence-electron chi connectivity index (χ1n) is 1.99. The quantitative estimate of drug-likeness (QED) is 0.486. The minimum absolute atomic E-state index is 0.102. The van der Waals surface area contributed by atoms with Gasteiger partial charge in [0, 0.05) is 11.2 Å². The largest absolute Gasteiger partial charge is 0.509 e. The van der Waals surface area contributed by atoms with Crippen LogP contribution in [0.15, 0.2) is 11.2 Å². The van der Waals surface area contributed by atoms with E-state index in [1.54, 1.807) is 5.41 Å². The van der Waals surface area contributed by atoms with Crippen LogP contribution < -0.4 is 0 Å². The van der Waals surface area contributed by atoms with Gasteiger partial charge in [0.05, 0.1) is 0 Å². The van der Waals surface area contributed by atoms with E-state index in [9.17, 15) is 0 Å². The molecule has 3 heteroatoms. The van der Waals surface area contributed by atoms with Crippen molar-refractivity contribution in [3.05, 3.63) is 11.2 Å². The van der Waals surface area contributed by atoms with Gasteiger partial charge in [0.2, 0.25) is 0 Å². The van der Waals surface area contributed by atoms with Crippen molar-refractivity contribution >= 4 is 11.8 Å². The molecule has 0 aromatic heterocycles. The molecule has 0 saturated heterocycles. The van der Waals surface area contributed by atoms with Crippen molar-refractivity contribution in [3.8, 4) is 0 Å². The van der Waals surface area contributed by atoms with Gasteiger partial charge in [0.25, 0.3) is 0 Å². The predicted molar refractivity (Wildman–Crippen MR) is 29.2 cm³/mol. The van der Waals surface area contributed by atoms with Crippen LogP contribution in [0.2, 0.25) is 0 Å². The number of hydrogen-bond donors (Lipinski definition) is 2. The highest BCUT2D eigenvalue weighted by molar-refractivity contribution is 8.02. The van der Waals surface area contributed by atoms with Gasteiger partial charge in [-0.05, 0) is 0 Å². The summed E-state index contributed by atoms with van der Waals surface area (Å²) in [5.74, 6) is 0.705. The Morgan fingerprint density at radius 1 is 1.86 bits per heavy atom. The average molecular weight is 118 g/mol. The van der Waals surface area contributed by atoms with Crippen LogP contribution in [-0.2, 0) is 0 Å². The highest BCUT2D eigenvalue weighted by atomic mass is 32.2. The standard InChI is InChI=1S/C4H6O2S/c5-3-1-7-2-4(3)6/h1,4-6H,2H2. The summed E-state index contributed by atoms with van der Waals surface area (Å²) in [6.07, 6.45) is -0.606. The smallest absolute Gasteiger partial charge is 0.128 e. The van der Waals surface area contributed by atoms with Crippen molar-refractivity contribution in [2.24, 2.45) is 0 Å². The van der Waals surface area contributed by atoms with E-state index in [0.29, 0.717) is 5.75 Å². The minimum atomic E-state index is -0.606. The lowest BCUT2D eigenvalue weighted by atomic mass is 10.4. The third kappa shape index (κ3) is 0.894. The molecule has 1 rings (SSSR count). The van der Waals surface area contributed by atoms with Crippen LogP contribution in [0.5, 0.6) is 0 Å². The highest BCUT2D eigenvalue weighted by Crippen LogP contribution is 2.19. The molecule has 0 saturated carbocycles. The molecule has 0 fully saturated rings. The van der Waals surface area contributed by atoms with Crippen molar-refractivity contribution in [2.75, 3.05) is 5.75 Å². The average Bonchev–Trinajstić information content (AvgIpc) is 1.91. The van der Waals surface area contributed by atoms with E-state index in [1.165, 1.54) is 11.8 Å². The molecule has 0 spiro atoms. The van der Waals surface area contributed by atoms with Gasteiger partial charge in [-0.25, -0.2) is 0 Å². The molecule has 40 valence electrons. The molecular formula is C4H6O2S. The molecule has 0 aliphatic carbocycles. The van der Waals surface area contributed by atoms with E-state index in [0.717, 1.165) is 0 Å². The van der Waals surface area contributed by atoms with Gasteiger partial charge in [-0.15, -0.1) is 11.8 Å². The van der Waals surface area contributed by atoms with E-state index in [1.807, 2.05) is 0 Å². The van der Waals surface area contributed by atoms with Gasteiger partial charge in [-0.1, -0.05) is 0 Å². The lowest BCUT2D eigenvalue weighted by Gasteiger charge is -1.95. The summed E-state index contributed by atoms with van der Waals surface area (Å²) in [4.78, 5) is 0. The molecule has 1 unspecified atom stereocenters. The number of hydrogen-bond acceptors (Lipinski definition) is 3. The van der Waals surface area contributed by atoms with E-state index in [2.05, 4.69) is 0 Å². The molecule has 1 aliphatic heterocycles. The SMILES string of the molecule is OC1=CSCC1O.